The maximum absolute atomic E-state index is 13.0. The lowest BCUT2D eigenvalue weighted by atomic mass is 10.1. The van der Waals surface area contributed by atoms with E-state index < -0.39 is 10.0 Å². The van der Waals surface area contributed by atoms with E-state index in [0.29, 0.717) is 37.6 Å². The van der Waals surface area contributed by atoms with Crippen molar-refractivity contribution < 1.29 is 27.4 Å². The Balaban J connectivity index is 1.71. The molecule has 168 valence electrons. The molecule has 0 bridgehead atoms. The molecule has 1 fully saturated rings. The Morgan fingerprint density at radius 1 is 0.935 bits per heavy atom. The number of methoxy groups -OCH3 is 3. The van der Waals surface area contributed by atoms with Gasteiger partial charge in [0.2, 0.25) is 10.0 Å². The van der Waals surface area contributed by atoms with Crippen molar-refractivity contribution >= 4 is 15.9 Å². The molecule has 3 rings (SSSR count). The predicted octanol–water partition coefficient (Wildman–Crippen LogP) is 2.47. The molecule has 1 aliphatic rings. The van der Waals surface area contributed by atoms with E-state index in [2.05, 4.69) is 5.32 Å². The molecule has 1 saturated heterocycles. The molecule has 8 nitrogen and oxygen atoms in total. The van der Waals surface area contributed by atoms with Gasteiger partial charge in [-0.15, -0.1) is 0 Å². The molecule has 2 aromatic carbocycles. The second-order valence-corrected chi connectivity index (χ2v) is 9.08. The molecule has 0 aliphatic carbocycles. The summed E-state index contributed by atoms with van der Waals surface area (Å²) in [6.07, 6.45) is 2.25. The van der Waals surface area contributed by atoms with Gasteiger partial charge in [-0.1, -0.05) is 6.07 Å². The molecule has 1 amide bonds. The number of carbonyl (C=O) groups excluding carboxylic acids is 1. The van der Waals surface area contributed by atoms with Crippen LogP contribution in [0.2, 0.25) is 0 Å². The standard InChI is InChI=1S/C22H28N2O6S/c1-28-18-8-6-16(14-20(18)30-3)10-11-23-22(25)17-7-9-19(29-2)21(15-17)31(26,27)24-12-4-5-13-24/h6-9,14-15H,4-5,10-13H2,1-3H3,(H,23,25). The van der Waals surface area contributed by atoms with Crippen molar-refractivity contribution in [2.45, 2.75) is 24.2 Å². The van der Waals surface area contributed by atoms with Crippen molar-refractivity contribution in [1.29, 1.82) is 0 Å². The van der Waals surface area contributed by atoms with Gasteiger partial charge in [0.15, 0.2) is 11.5 Å². The lowest BCUT2D eigenvalue weighted by Crippen LogP contribution is -2.29. The van der Waals surface area contributed by atoms with Crippen LogP contribution in [0, 0.1) is 0 Å². The van der Waals surface area contributed by atoms with Crippen LogP contribution in [-0.4, -0.2) is 59.6 Å². The van der Waals surface area contributed by atoms with Gasteiger partial charge in [-0.25, -0.2) is 8.42 Å². The van der Waals surface area contributed by atoms with Crippen LogP contribution in [0.25, 0.3) is 0 Å². The Hall–Kier alpha value is -2.78. The minimum absolute atomic E-state index is 0.0180. The van der Waals surface area contributed by atoms with E-state index in [1.807, 2.05) is 18.2 Å². The number of benzene rings is 2. The lowest BCUT2D eigenvalue weighted by molar-refractivity contribution is 0.0954. The van der Waals surface area contributed by atoms with Crippen molar-refractivity contribution in [1.82, 2.24) is 9.62 Å². The number of nitrogens with one attached hydrogen (secondary N) is 1. The highest BCUT2D eigenvalue weighted by atomic mass is 32.2. The third kappa shape index (κ3) is 5.11. The Labute approximate surface area is 183 Å². The number of hydrogen-bond acceptors (Lipinski definition) is 6. The molecule has 0 radical (unpaired) electrons. The van der Waals surface area contributed by atoms with E-state index in [0.717, 1.165) is 18.4 Å². The maximum atomic E-state index is 13.0. The zero-order chi connectivity index (χ0) is 22.4. The normalized spacial score (nSPS) is 14.3. The molecule has 1 N–H and O–H groups in total. The van der Waals surface area contributed by atoms with Crippen molar-refractivity contribution in [2.24, 2.45) is 0 Å². The number of ether oxygens (including phenoxy) is 3. The van der Waals surface area contributed by atoms with Crippen LogP contribution in [0.5, 0.6) is 17.2 Å². The summed E-state index contributed by atoms with van der Waals surface area (Å²) in [6, 6.07) is 10.0. The molecule has 0 atom stereocenters. The number of carbonyl (C=O) groups is 1. The summed E-state index contributed by atoms with van der Waals surface area (Å²) in [5.41, 5.74) is 1.25. The number of sulfonamides is 1. The van der Waals surface area contributed by atoms with Crippen LogP contribution in [0.4, 0.5) is 0 Å². The molecular weight excluding hydrogens is 420 g/mol. The van der Waals surface area contributed by atoms with Crippen molar-refractivity contribution in [3.05, 3.63) is 47.5 Å². The van der Waals surface area contributed by atoms with Crippen LogP contribution < -0.4 is 19.5 Å². The molecule has 0 aromatic heterocycles. The first-order valence-corrected chi connectivity index (χ1v) is 11.5. The highest BCUT2D eigenvalue weighted by Gasteiger charge is 2.30. The fourth-order valence-electron chi connectivity index (χ4n) is 3.55. The Bertz CT molecular complexity index is 1030. The quantitative estimate of drug-likeness (QED) is 0.633. The second-order valence-electron chi connectivity index (χ2n) is 7.17. The number of nitrogens with zero attached hydrogens (tertiary/aromatic N) is 1. The summed E-state index contributed by atoms with van der Waals surface area (Å²) in [5.74, 6) is 1.15. The van der Waals surface area contributed by atoms with Gasteiger partial charge in [0.25, 0.3) is 5.91 Å². The van der Waals surface area contributed by atoms with Crippen LogP contribution in [-0.2, 0) is 16.4 Å². The third-order valence-electron chi connectivity index (χ3n) is 5.26. The van der Waals surface area contributed by atoms with Crippen LogP contribution in [0.15, 0.2) is 41.3 Å². The van der Waals surface area contributed by atoms with Gasteiger partial charge in [0.05, 0.1) is 21.3 Å². The fourth-order valence-corrected chi connectivity index (χ4v) is 5.24. The molecule has 0 unspecified atom stereocenters. The van der Waals surface area contributed by atoms with E-state index in [9.17, 15) is 13.2 Å². The van der Waals surface area contributed by atoms with E-state index >= 15 is 0 Å². The van der Waals surface area contributed by atoms with Gasteiger partial charge in [-0.3, -0.25) is 4.79 Å². The number of rotatable bonds is 9. The van der Waals surface area contributed by atoms with E-state index in [4.69, 9.17) is 14.2 Å². The first kappa shape index (κ1) is 22.9. The average molecular weight is 449 g/mol. The smallest absolute Gasteiger partial charge is 0.251 e. The van der Waals surface area contributed by atoms with E-state index in [-0.39, 0.29) is 22.1 Å². The summed E-state index contributed by atoms with van der Waals surface area (Å²) in [7, 11) is 0.850. The third-order valence-corrected chi connectivity index (χ3v) is 7.18. The molecule has 0 saturated carbocycles. The largest absolute Gasteiger partial charge is 0.495 e. The van der Waals surface area contributed by atoms with Crippen molar-refractivity contribution in [3.8, 4) is 17.2 Å². The van der Waals surface area contributed by atoms with E-state index in [1.54, 1.807) is 20.3 Å². The first-order valence-electron chi connectivity index (χ1n) is 10.1. The molecule has 31 heavy (non-hydrogen) atoms. The highest BCUT2D eigenvalue weighted by Crippen LogP contribution is 2.30. The van der Waals surface area contributed by atoms with Crippen LogP contribution in [0.3, 0.4) is 0 Å². The zero-order valence-electron chi connectivity index (χ0n) is 18.0. The minimum atomic E-state index is -3.71. The predicted molar refractivity (Wildman–Crippen MR) is 117 cm³/mol. The topological polar surface area (TPSA) is 94.2 Å². The molecule has 9 heteroatoms. The second kappa shape index (κ2) is 10.0. The Kier molecular flexibility index (Phi) is 7.40. The fraction of sp³-hybridized carbons (Fsp3) is 0.409. The van der Waals surface area contributed by atoms with Gasteiger partial charge in [0, 0.05) is 25.2 Å². The SMILES string of the molecule is COc1ccc(CCNC(=O)c2ccc(OC)c(S(=O)(=O)N3CCCC3)c2)cc1OC. The maximum Gasteiger partial charge on any atom is 0.251 e. The number of hydrogen-bond donors (Lipinski definition) is 1. The monoisotopic (exact) mass is 448 g/mol. The summed E-state index contributed by atoms with van der Waals surface area (Å²) < 4.78 is 43.2. The molecular formula is C22H28N2O6S. The minimum Gasteiger partial charge on any atom is -0.495 e. The van der Waals surface area contributed by atoms with Gasteiger partial charge < -0.3 is 19.5 Å². The lowest BCUT2D eigenvalue weighted by Gasteiger charge is -2.18. The van der Waals surface area contributed by atoms with Gasteiger partial charge in [0.1, 0.15) is 10.6 Å². The van der Waals surface area contributed by atoms with Gasteiger partial charge >= 0.3 is 0 Å². The summed E-state index contributed by atoms with van der Waals surface area (Å²) in [4.78, 5) is 12.7. The molecule has 1 aliphatic heterocycles. The van der Waals surface area contributed by atoms with Gasteiger partial charge in [-0.05, 0) is 55.2 Å². The summed E-state index contributed by atoms with van der Waals surface area (Å²) in [5, 5.41) is 2.84. The van der Waals surface area contributed by atoms with Gasteiger partial charge in [-0.2, -0.15) is 4.31 Å². The van der Waals surface area contributed by atoms with Crippen molar-refractivity contribution in [3.63, 3.8) is 0 Å². The zero-order valence-corrected chi connectivity index (χ0v) is 18.8. The van der Waals surface area contributed by atoms with E-state index in [1.165, 1.54) is 23.5 Å². The van der Waals surface area contributed by atoms with Crippen LogP contribution >= 0.6 is 0 Å². The molecule has 0 spiro atoms. The summed E-state index contributed by atoms with van der Waals surface area (Å²) >= 11 is 0. The Morgan fingerprint density at radius 2 is 1.58 bits per heavy atom. The highest BCUT2D eigenvalue weighted by molar-refractivity contribution is 7.89. The Morgan fingerprint density at radius 3 is 2.23 bits per heavy atom. The van der Waals surface area contributed by atoms with Crippen molar-refractivity contribution in [2.75, 3.05) is 41.0 Å². The van der Waals surface area contributed by atoms with Crippen LogP contribution in [0.1, 0.15) is 28.8 Å². The average Bonchev–Trinajstić information content (AvgIpc) is 3.34. The summed E-state index contributed by atoms with van der Waals surface area (Å²) in [6.45, 7) is 1.34. The molecule has 2 aromatic rings. The molecule has 1 heterocycles. The first-order chi connectivity index (χ1) is 14.9. The number of amides is 1.